The van der Waals surface area contributed by atoms with Gasteiger partial charge in [0.1, 0.15) is 18.2 Å². The van der Waals surface area contributed by atoms with Crippen LogP contribution in [0.4, 0.5) is 10.1 Å². The Balaban J connectivity index is 0.00000336. The minimum absolute atomic E-state index is 0. The van der Waals surface area contributed by atoms with Crippen LogP contribution < -0.4 is 44.7 Å². The number of hydrogen-bond acceptors (Lipinski definition) is 6. The Hall–Kier alpha value is -3.43. The minimum atomic E-state index is -1.15. The van der Waals surface area contributed by atoms with Crippen molar-refractivity contribution in [3.63, 3.8) is 0 Å². The van der Waals surface area contributed by atoms with Crippen LogP contribution in [-0.2, 0) is 22.6 Å². The molecule has 0 atom stereocenters. The van der Waals surface area contributed by atoms with Gasteiger partial charge in [-0.1, -0.05) is 48.5 Å². The number of amides is 1. The normalized spacial score (nSPS) is 13.8. The van der Waals surface area contributed by atoms with E-state index in [1.54, 1.807) is 42.5 Å². The molecule has 0 aliphatic carbocycles. The summed E-state index contributed by atoms with van der Waals surface area (Å²) in [4.78, 5) is 28.0. The molecule has 5 rings (SSSR count). The van der Waals surface area contributed by atoms with E-state index in [4.69, 9.17) is 4.74 Å². The fourth-order valence-electron chi connectivity index (χ4n) is 3.82. The van der Waals surface area contributed by atoms with Gasteiger partial charge in [0.15, 0.2) is 5.17 Å². The molecule has 6 nitrogen and oxygen atoms in total. The van der Waals surface area contributed by atoms with Gasteiger partial charge in [-0.25, -0.2) is 4.39 Å². The monoisotopic (exact) mass is 534 g/mol. The Bertz CT molecular complexity index is 1550. The predicted molar refractivity (Wildman–Crippen MR) is 141 cm³/mol. The van der Waals surface area contributed by atoms with Gasteiger partial charge >= 0.3 is 29.6 Å². The summed E-state index contributed by atoms with van der Waals surface area (Å²) in [5.41, 5.74) is 2.84. The van der Waals surface area contributed by atoms with Gasteiger partial charge in [0.2, 0.25) is 0 Å². The maximum atomic E-state index is 13.3. The molecule has 4 aromatic carbocycles. The van der Waals surface area contributed by atoms with E-state index in [0.717, 1.165) is 21.9 Å². The van der Waals surface area contributed by atoms with E-state index in [-0.39, 0.29) is 54.3 Å². The number of carbonyl (C=O) groups is 2. The topological polar surface area (TPSA) is 90.8 Å². The molecule has 1 heterocycles. The molecule has 1 N–H and O–H groups in total. The van der Waals surface area contributed by atoms with Gasteiger partial charge in [0.05, 0.1) is 4.91 Å². The van der Waals surface area contributed by atoms with Gasteiger partial charge in [-0.2, -0.15) is 4.99 Å². The van der Waals surface area contributed by atoms with Crippen molar-refractivity contribution >= 4 is 51.3 Å². The number of carboxylic acid groups (broad SMARTS) is 1. The third-order valence-electron chi connectivity index (χ3n) is 5.65. The zero-order valence-electron chi connectivity index (χ0n) is 20.4. The molecule has 0 bridgehead atoms. The first kappa shape index (κ1) is 27.6. The van der Waals surface area contributed by atoms with Crippen LogP contribution in [0.1, 0.15) is 16.7 Å². The van der Waals surface area contributed by atoms with Crippen LogP contribution in [0.15, 0.2) is 94.8 Å². The summed E-state index contributed by atoms with van der Waals surface area (Å²) < 4.78 is 19.4. The zero-order valence-corrected chi connectivity index (χ0v) is 23.3. The third-order valence-corrected chi connectivity index (χ3v) is 6.55. The number of nitrogens with one attached hydrogen (secondary N) is 1. The Morgan fingerprint density at radius 3 is 2.32 bits per heavy atom. The molecule has 0 radical (unpaired) electrons. The van der Waals surface area contributed by atoms with E-state index >= 15 is 0 Å². The average Bonchev–Trinajstić information content (AvgIpc) is 3.22. The molecule has 1 aliphatic rings. The molecule has 0 unspecified atom stereocenters. The number of carbonyl (C=O) groups excluding carboxylic acids is 2. The van der Waals surface area contributed by atoms with Gasteiger partial charge in [-0.3, -0.25) is 4.79 Å². The van der Waals surface area contributed by atoms with E-state index < -0.39 is 5.97 Å². The maximum Gasteiger partial charge on any atom is 1.00 e. The number of amidine groups is 1. The van der Waals surface area contributed by atoms with E-state index in [1.165, 1.54) is 23.9 Å². The predicted octanol–water partition coefficient (Wildman–Crippen LogP) is 1.94. The fraction of sp³-hybridized carbons (Fsp3) is 0.0690. The second-order valence-corrected chi connectivity index (χ2v) is 9.39. The number of halogens is 1. The van der Waals surface area contributed by atoms with Crippen LogP contribution in [0.3, 0.4) is 0 Å². The third kappa shape index (κ3) is 6.90. The van der Waals surface area contributed by atoms with E-state index in [0.29, 0.717) is 27.1 Å². The average molecular weight is 535 g/mol. The molecule has 0 fully saturated rings. The SMILES string of the molecule is O=C([O-])Cc1ccc(NC2=NC(=O)C(=Cc3cc4ccccc4cc3OCc3ccc(F)cc3)S2)cc1.[Na+]. The quantitative estimate of drug-likeness (QED) is 0.288. The van der Waals surface area contributed by atoms with Crippen LogP contribution in [0.2, 0.25) is 0 Å². The van der Waals surface area contributed by atoms with Crippen molar-refractivity contribution in [3.8, 4) is 5.75 Å². The second kappa shape index (κ2) is 12.4. The van der Waals surface area contributed by atoms with Crippen molar-refractivity contribution < 1.29 is 53.4 Å². The Morgan fingerprint density at radius 1 is 0.974 bits per heavy atom. The summed E-state index contributed by atoms with van der Waals surface area (Å²) in [6, 6.07) is 24.6. The van der Waals surface area contributed by atoms with Crippen molar-refractivity contribution in [1.82, 2.24) is 0 Å². The Morgan fingerprint density at radius 2 is 1.63 bits per heavy atom. The van der Waals surface area contributed by atoms with E-state index in [9.17, 15) is 19.1 Å². The molecule has 1 aliphatic heterocycles. The molecular weight excluding hydrogens is 514 g/mol. The molecule has 0 spiro atoms. The smallest absolute Gasteiger partial charge is 0.550 e. The number of nitrogens with zero attached hydrogens (tertiary/aromatic N) is 1. The zero-order chi connectivity index (χ0) is 25.8. The van der Waals surface area contributed by atoms with Gasteiger partial charge in [-0.15, -0.1) is 0 Å². The first-order valence-electron chi connectivity index (χ1n) is 11.4. The number of rotatable bonds is 7. The standard InChI is InChI=1S/C29H21FN2O4S.Na/c30-23-9-5-19(6-10-23)17-36-25-15-21-4-2-1-3-20(21)14-22(25)16-26-28(35)32-29(37-26)31-24-11-7-18(8-12-24)13-27(33)34;/h1-12,14-16H,13,17H2,(H,33,34)(H,31,32,35);/q;+1/p-1. The largest absolute Gasteiger partial charge is 1.00 e. The first-order chi connectivity index (χ1) is 17.9. The molecule has 0 saturated heterocycles. The molecule has 1 amide bonds. The molecule has 0 aromatic heterocycles. The van der Waals surface area contributed by atoms with Crippen molar-refractivity contribution in [2.45, 2.75) is 13.0 Å². The van der Waals surface area contributed by atoms with Gasteiger partial charge in [0, 0.05) is 23.6 Å². The molecule has 0 saturated carbocycles. The van der Waals surface area contributed by atoms with E-state index in [1.807, 2.05) is 36.4 Å². The number of anilines is 1. The van der Waals surface area contributed by atoms with Crippen molar-refractivity contribution in [2.75, 3.05) is 5.32 Å². The summed E-state index contributed by atoms with van der Waals surface area (Å²) >= 11 is 1.20. The number of aliphatic imine (C=N–C) groups is 1. The molecular formula is C29H20FN2NaO4S. The molecule has 184 valence electrons. The summed E-state index contributed by atoms with van der Waals surface area (Å²) in [6.45, 7) is 0.243. The molecule has 4 aromatic rings. The van der Waals surface area contributed by atoms with Crippen LogP contribution in [0.25, 0.3) is 16.8 Å². The Labute approximate surface area is 244 Å². The van der Waals surface area contributed by atoms with Crippen molar-refractivity contribution in [1.29, 1.82) is 0 Å². The first-order valence-corrected chi connectivity index (χ1v) is 12.2. The van der Waals surface area contributed by atoms with Gasteiger partial charge < -0.3 is 20.0 Å². The van der Waals surface area contributed by atoms with Crippen LogP contribution in [0.5, 0.6) is 5.75 Å². The summed E-state index contributed by atoms with van der Waals surface area (Å²) in [6.07, 6.45) is 1.58. The number of ether oxygens (including phenoxy) is 1. The number of benzene rings is 4. The van der Waals surface area contributed by atoms with Crippen molar-refractivity contribution in [3.05, 3.63) is 112 Å². The van der Waals surface area contributed by atoms with Gasteiger partial charge in [-0.05, 0) is 76.1 Å². The number of hydrogen-bond donors (Lipinski definition) is 1. The van der Waals surface area contributed by atoms with E-state index in [2.05, 4.69) is 10.3 Å². The number of carboxylic acids is 1. The molecule has 38 heavy (non-hydrogen) atoms. The Kier molecular flexibility index (Phi) is 9.01. The summed E-state index contributed by atoms with van der Waals surface area (Å²) in [5, 5.41) is 16.3. The fourth-order valence-corrected chi connectivity index (χ4v) is 4.64. The minimum Gasteiger partial charge on any atom is -0.550 e. The van der Waals surface area contributed by atoms with Crippen molar-refractivity contribution in [2.24, 2.45) is 4.99 Å². The number of fused-ring (bicyclic) bond motifs is 1. The maximum absolute atomic E-state index is 13.3. The van der Waals surface area contributed by atoms with Crippen LogP contribution in [0, 0.1) is 5.82 Å². The summed E-state index contributed by atoms with van der Waals surface area (Å²) in [5.74, 6) is -1.24. The number of thioether (sulfide) groups is 1. The van der Waals surface area contributed by atoms with Crippen LogP contribution in [-0.4, -0.2) is 17.0 Å². The summed E-state index contributed by atoms with van der Waals surface area (Å²) in [7, 11) is 0. The molecule has 9 heteroatoms. The second-order valence-electron chi connectivity index (χ2n) is 8.36. The number of aliphatic carboxylic acids is 1. The van der Waals surface area contributed by atoms with Gasteiger partial charge in [0.25, 0.3) is 5.91 Å². The van der Waals surface area contributed by atoms with Crippen LogP contribution >= 0.6 is 11.8 Å².